The lowest BCUT2D eigenvalue weighted by Crippen LogP contribution is -2.25. The first kappa shape index (κ1) is 19.5. The minimum atomic E-state index is -0.140. The Morgan fingerprint density at radius 1 is 1.11 bits per heavy atom. The predicted octanol–water partition coefficient (Wildman–Crippen LogP) is 3.74. The van der Waals surface area contributed by atoms with Crippen molar-refractivity contribution in [2.75, 3.05) is 19.0 Å². The van der Waals surface area contributed by atoms with Crippen LogP contribution in [0.15, 0.2) is 48.7 Å². The molecule has 6 heteroatoms. The van der Waals surface area contributed by atoms with Crippen LogP contribution in [0, 0.1) is 5.92 Å². The van der Waals surface area contributed by atoms with E-state index in [0.717, 1.165) is 22.2 Å². The molecule has 6 nitrogen and oxygen atoms in total. The molecule has 1 heterocycles. The smallest absolute Gasteiger partial charge is 0.251 e. The molecule has 2 aromatic carbocycles. The van der Waals surface area contributed by atoms with Gasteiger partial charge in [0.15, 0.2) is 0 Å². The van der Waals surface area contributed by atoms with Crippen LogP contribution >= 0.6 is 0 Å². The molecule has 0 aliphatic carbocycles. The standard InChI is InChI=1S/C22H25N3O3/c1-14(2)21(26)25-17-6-4-15(5-7-17)22(27)23-11-10-16-13-24-20-9-8-18(28-3)12-19(16)20/h4-9,12-14,24H,10-11H2,1-3H3,(H,23,27)(H,25,26). The van der Waals surface area contributed by atoms with Crippen molar-refractivity contribution in [3.63, 3.8) is 0 Å². The first-order valence-corrected chi connectivity index (χ1v) is 9.31. The van der Waals surface area contributed by atoms with E-state index in [1.54, 1.807) is 31.4 Å². The van der Waals surface area contributed by atoms with Crippen LogP contribution in [0.2, 0.25) is 0 Å². The lowest BCUT2D eigenvalue weighted by Gasteiger charge is -2.09. The largest absolute Gasteiger partial charge is 0.497 e. The molecule has 3 N–H and O–H groups in total. The van der Waals surface area contributed by atoms with Gasteiger partial charge in [0, 0.05) is 40.8 Å². The first-order valence-electron chi connectivity index (χ1n) is 9.31. The number of hydrogen-bond donors (Lipinski definition) is 3. The predicted molar refractivity (Wildman–Crippen MR) is 111 cm³/mol. The van der Waals surface area contributed by atoms with Crippen molar-refractivity contribution in [1.82, 2.24) is 10.3 Å². The highest BCUT2D eigenvalue weighted by Crippen LogP contribution is 2.23. The van der Waals surface area contributed by atoms with Crippen LogP contribution in [0.5, 0.6) is 5.75 Å². The molecule has 0 aliphatic heterocycles. The number of methoxy groups -OCH3 is 1. The summed E-state index contributed by atoms with van der Waals surface area (Å²) in [6.07, 6.45) is 2.67. The Morgan fingerprint density at radius 3 is 2.54 bits per heavy atom. The Bertz CT molecular complexity index is 974. The Morgan fingerprint density at radius 2 is 1.86 bits per heavy atom. The number of benzene rings is 2. The molecule has 0 aliphatic rings. The third-order valence-electron chi connectivity index (χ3n) is 4.59. The summed E-state index contributed by atoms with van der Waals surface area (Å²) >= 11 is 0. The molecule has 0 atom stereocenters. The fraction of sp³-hybridized carbons (Fsp3) is 0.273. The SMILES string of the molecule is COc1ccc2[nH]cc(CCNC(=O)c3ccc(NC(=O)C(C)C)cc3)c2c1. The zero-order valence-electron chi connectivity index (χ0n) is 16.3. The van der Waals surface area contributed by atoms with Gasteiger partial charge in [0.2, 0.25) is 5.91 Å². The number of amides is 2. The molecule has 0 radical (unpaired) electrons. The molecular weight excluding hydrogens is 354 g/mol. The molecule has 0 saturated heterocycles. The maximum atomic E-state index is 12.4. The number of rotatable bonds is 7. The number of nitrogens with one attached hydrogen (secondary N) is 3. The quantitative estimate of drug-likeness (QED) is 0.585. The fourth-order valence-electron chi connectivity index (χ4n) is 2.90. The van der Waals surface area contributed by atoms with Crippen molar-refractivity contribution in [2.24, 2.45) is 5.92 Å². The molecule has 3 aromatic rings. The average Bonchev–Trinajstić information content (AvgIpc) is 3.10. The summed E-state index contributed by atoms with van der Waals surface area (Å²) in [5.41, 5.74) is 3.41. The summed E-state index contributed by atoms with van der Waals surface area (Å²) in [4.78, 5) is 27.3. The number of aromatic nitrogens is 1. The minimum Gasteiger partial charge on any atom is -0.497 e. The van der Waals surface area contributed by atoms with Crippen molar-refractivity contribution >= 4 is 28.4 Å². The minimum absolute atomic E-state index is 0.0486. The normalized spacial score (nSPS) is 10.9. The molecule has 2 amide bonds. The molecule has 0 saturated carbocycles. The summed E-state index contributed by atoms with van der Waals surface area (Å²) in [6.45, 7) is 4.19. The molecule has 0 bridgehead atoms. The van der Waals surface area contributed by atoms with E-state index in [4.69, 9.17) is 4.74 Å². The molecule has 1 aromatic heterocycles. The Balaban J connectivity index is 1.56. The number of carbonyl (C=O) groups is 2. The van der Waals surface area contributed by atoms with E-state index in [-0.39, 0.29) is 17.7 Å². The van der Waals surface area contributed by atoms with E-state index in [2.05, 4.69) is 15.6 Å². The van der Waals surface area contributed by atoms with Crippen LogP contribution in [0.3, 0.4) is 0 Å². The first-order chi connectivity index (χ1) is 13.5. The highest BCUT2D eigenvalue weighted by Gasteiger charge is 2.10. The number of hydrogen-bond acceptors (Lipinski definition) is 3. The maximum absolute atomic E-state index is 12.4. The van der Waals surface area contributed by atoms with E-state index in [1.807, 2.05) is 38.2 Å². The van der Waals surface area contributed by atoms with Gasteiger partial charge in [-0.3, -0.25) is 9.59 Å². The molecule has 3 rings (SSSR count). The molecule has 0 fully saturated rings. The lowest BCUT2D eigenvalue weighted by molar-refractivity contribution is -0.118. The highest BCUT2D eigenvalue weighted by atomic mass is 16.5. The van der Waals surface area contributed by atoms with E-state index >= 15 is 0 Å². The van der Waals surface area contributed by atoms with Gasteiger partial charge in [-0.2, -0.15) is 0 Å². The summed E-state index contributed by atoms with van der Waals surface area (Å²) < 4.78 is 5.28. The van der Waals surface area contributed by atoms with Crippen LogP contribution in [-0.2, 0) is 11.2 Å². The Kier molecular flexibility index (Phi) is 5.99. The second-order valence-corrected chi connectivity index (χ2v) is 6.95. The Labute approximate surface area is 164 Å². The van der Waals surface area contributed by atoms with Crippen LogP contribution in [-0.4, -0.2) is 30.5 Å². The second-order valence-electron chi connectivity index (χ2n) is 6.95. The number of anilines is 1. The maximum Gasteiger partial charge on any atom is 0.251 e. The van der Waals surface area contributed by atoms with Crippen LogP contribution < -0.4 is 15.4 Å². The van der Waals surface area contributed by atoms with E-state index in [0.29, 0.717) is 24.2 Å². The zero-order chi connectivity index (χ0) is 20.1. The third-order valence-corrected chi connectivity index (χ3v) is 4.59. The summed E-state index contributed by atoms with van der Waals surface area (Å²) in [6, 6.07) is 12.8. The summed E-state index contributed by atoms with van der Waals surface area (Å²) in [5.74, 6) is 0.529. The van der Waals surface area contributed by atoms with Crippen molar-refractivity contribution in [3.05, 3.63) is 59.8 Å². The number of fused-ring (bicyclic) bond motifs is 1. The van der Waals surface area contributed by atoms with Crippen molar-refractivity contribution in [3.8, 4) is 5.75 Å². The topological polar surface area (TPSA) is 83.2 Å². The van der Waals surface area contributed by atoms with E-state index in [1.165, 1.54) is 0 Å². The molecular formula is C22H25N3O3. The number of aromatic amines is 1. The fourth-order valence-corrected chi connectivity index (χ4v) is 2.90. The average molecular weight is 379 g/mol. The second kappa shape index (κ2) is 8.61. The summed E-state index contributed by atoms with van der Waals surface area (Å²) in [7, 11) is 1.65. The Hall–Kier alpha value is -3.28. The van der Waals surface area contributed by atoms with Gasteiger partial charge in [-0.05, 0) is 54.4 Å². The van der Waals surface area contributed by atoms with Gasteiger partial charge in [0.1, 0.15) is 5.75 Å². The monoisotopic (exact) mass is 379 g/mol. The van der Waals surface area contributed by atoms with Gasteiger partial charge in [0.25, 0.3) is 5.91 Å². The lowest BCUT2D eigenvalue weighted by atomic mass is 10.1. The van der Waals surface area contributed by atoms with Gasteiger partial charge in [-0.1, -0.05) is 13.8 Å². The van der Waals surface area contributed by atoms with Crippen LogP contribution in [0.1, 0.15) is 29.8 Å². The van der Waals surface area contributed by atoms with Gasteiger partial charge >= 0.3 is 0 Å². The summed E-state index contributed by atoms with van der Waals surface area (Å²) in [5, 5.41) is 6.84. The molecule has 28 heavy (non-hydrogen) atoms. The van der Waals surface area contributed by atoms with Gasteiger partial charge in [-0.25, -0.2) is 0 Å². The van der Waals surface area contributed by atoms with Gasteiger partial charge < -0.3 is 20.4 Å². The molecule has 146 valence electrons. The molecule has 0 spiro atoms. The van der Waals surface area contributed by atoms with Crippen LogP contribution in [0.25, 0.3) is 10.9 Å². The number of H-pyrrole nitrogens is 1. The number of carbonyl (C=O) groups excluding carboxylic acids is 2. The highest BCUT2D eigenvalue weighted by molar-refractivity contribution is 5.96. The molecule has 0 unspecified atom stereocenters. The zero-order valence-corrected chi connectivity index (χ0v) is 16.3. The van der Waals surface area contributed by atoms with Crippen molar-refractivity contribution in [1.29, 1.82) is 0 Å². The van der Waals surface area contributed by atoms with E-state index < -0.39 is 0 Å². The van der Waals surface area contributed by atoms with Crippen molar-refractivity contribution in [2.45, 2.75) is 20.3 Å². The van der Waals surface area contributed by atoms with Crippen molar-refractivity contribution < 1.29 is 14.3 Å². The third kappa shape index (κ3) is 4.52. The van der Waals surface area contributed by atoms with Crippen LogP contribution in [0.4, 0.5) is 5.69 Å². The van der Waals surface area contributed by atoms with Gasteiger partial charge in [-0.15, -0.1) is 0 Å². The van der Waals surface area contributed by atoms with Gasteiger partial charge in [0.05, 0.1) is 7.11 Å². The van der Waals surface area contributed by atoms with E-state index in [9.17, 15) is 9.59 Å². The number of ether oxygens (including phenoxy) is 1.